The van der Waals surface area contributed by atoms with E-state index in [2.05, 4.69) is 22.1 Å². The molecule has 0 aliphatic rings. The van der Waals surface area contributed by atoms with Crippen LogP contribution in [0.5, 0.6) is 0 Å². The molecule has 1 N–H and O–H groups in total. The van der Waals surface area contributed by atoms with Gasteiger partial charge in [0.25, 0.3) is 0 Å². The van der Waals surface area contributed by atoms with E-state index in [4.69, 9.17) is 5.11 Å². The average molecular weight is 269 g/mol. The van der Waals surface area contributed by atoms with Crippen LogP contribution in [-0.2, 0) is 0 Å². The molecule has 0 unspecified atom stereocenters. The molecule has 2 aromatic carbocycles. The van der Waals surface area contributed by atoms with Gasteiger partial charge in [-0.05, 0) is 43.3 Å². The Hall–Kier alpha value is -2.20. The van der Waals surface area contributed by atoms with Gasteiger partial charge in [0.05, 0.1) is 18.0 Å². The van der Waals surface area contributed by atoms with Gasteiger partial charge >= 0.3 is 0 Å². The first kappa shape index (κ1) is 14.2. The summed E-state index contributed by atoms with van der Waals surface area (Å²) in [5.74, 6) is 0. The zero-order chi connectivity index (χ0) is 14.2. The van der Waals surface area contributed by atoms with Crippen LogP contribution in [0.15, 0.2) is 64.8 Å². The Balaban J connectivity index is 2.06. The van der Waals surface area contributed by atoms with Gasteiger partial charge in [-0.1, -0.05) is 18.2 Å². The molecule has 2 rings (SSSR count). The Morgan fingerprint density at radius 1 is 0.900 bits per heavy atom. The number of likely N-dealkylation sites (N-methyl/N-ethyl adjacent to an activating group) is 1. The van der Waals surface area contributed by atoms with Crippen LogP contribution in [0.4, 0.5) is 17.1 Å². The SMILES string of the molecule is CCN(CCO)c1ccc(/N=N/c2ccccc2)cc1. The van der Waals surface area contributed by atoms with Gasteiger partial charge in [0.15, 0.2) is 0 Å². The lowest BCUT2D eigenvalue weighted by Crippen LogP contribution is -2.25. The van der Waals surface area contributed by atoms with Gasteiger partial charge in [-0.3, -0.25) is 0 Å². The van der Waals surface area contributed by atoms with Crippen LogP contribution in [0, 0.1) is 0 Å². The van der Waals surface area contributed by atoms with Gasteiger partial charge in [-0.15, -0.1) is 0 Å². The molecule has 0 heterocycles. The minimum Gasteiger partial charge on any atom is -0.395 e. The Bertz CT molecular complexity index is 537. The predicted molar refractivity (Wildman–Crippen MR) is 82.0 cm³/mol. The van der Waals surface area contributed by atoms with E-state index in [-0.39, 0.29) is 6.61 Å². The largest absolute Gasteiger partial charge is 0.395 e. The molecule has 4 nitrogen and oxygen atoms in total. The molecule has 0 aromatic heterocycles. The van der Waals surface area contributed by atoms with Crippen molar-refractivity contribution in [1.29, 1.82) is 0 Å². The number of nitrogens with zero attached hydrogens (tertiary/aromatic N) is 3. The molecule has 0 spiro atoms. The molecule has 0 atom stereocenters. The maximum Gasteiger partial charge on any atom is 0.0858 e. The molecule has 0 aliphatic carbocycles. The van der Waals surface area contributed by atoms with Gasteiger partial charge < -0.3 is 10.0 Å². The van der Waals surface area contributed by atoms with Crippen molar-refractivity contribution in [1.82, 2.24) is 0 Å². The van der Waals surface area contributed by atoms with Gasteiger partial charge in [0, 0.05) is 18.8 Å². The fourth-order valence-corrected chi connectivity index (χ4v) is 1.93. The van der Waals surface area contributed by atoms with Gasteiger partial charge in [-0.25, -0.2) is 0 Å². The Kier molecular flexibility index (Phi) is 5.26. The van der Waals surface area contributed by atoms with Gasteiger partial charge in [0.1, 0.15) is 0 Å². The normalized spacial score (nSPS) is 10.9. The smallest absolute Gasteiger partial charge is 0.0858 e. The summed E-state index contributed by atoms with van der Waals surface area (Å²) in [5.41, 5.74) is 2.74. The van der Waals surface area contributed by atoms with E-state index < -0.39 is 0 Å². The first-order valence-electron chi connectivity index (χ1n) is 6.76. The van der Waals surface area contributed by atoms with Crippen LogP contribution < -0.4 is 4.90 Å². The molecule has 4 heteroatoms. The van der Waals surface area contributed by atoms with Gasteiger partial charge in [-0.2, -0.15) is 10.2 Å². The number of aliphatic hydroxyl groups excluding tert-OH is 1. The Morgan fingerprint density at radius 3 is 2.05 bits per heavy atom. The number of hydrogen-bond acceptors (Lipinski definition) is 4. The molecule has 0 radical (unpaired) electrons. The Morgan fingerprint density at radius 2 is 1.50 bits per heavy atom. The van der Waals surface area contributed by atoms with E-state index >= 15 is 0 Å². The molecule has 0 aliphatic heterocycles. The van der Waals surface area contributed by atoms with Crippen molar-refractivity contribution < 1.29 is 5.11 Å². The summed E-state index contributed by atoms with van der Waals surface area (Å²) < 4.78 is 0. The third-order valence-electron chi connectivity index (χ3n) is 3.00. The Labute approximate surface area is 119 Å². The lowest BCUT2D eigenvalue weighted by molar-refractivity contribution is 0.302. The molecule has 20 heavy (non-hydrogen) atoms. The number of hydrogen-bond donors (Lipinski definition) is 1. The van der Waals surface area contributed by atoms with Crippen LogP contribution in [0.2, 0.25) is 0 Å². The summed E-state index contributed by atoms with van der Waals surface area (Å²) in [4.78, 5) is 2.11. The molecule has 104 valence electrons. The molecular formula is C16H19N3O. The van der Waals surface area contributed by atoms with Crippen molar-refractivity contribution in [2.75, 3.05) is 24.6 Å². The van der Waals surface area contributed by atoms with Crippen molar-refractivity contribution >= 4 is 17.1 Å². The summed E-state index contributed by atoms with van der Waals surface area (Å²) in [6.45, 7) is 3.73. The highest BCUT2D eigenvalue weighted by Crippen LogP contribution is 2.21. The number of benzene rings is 2. The van der Waals surface area contributed by atoms with E-state index in [0.29, 0.717) is 6.54 Å². The lowest BCUT2D eigenvalue weighted by Gasteiger charge is -2.21. The van der Waals surface area contributed by atoms with E-state index in [1.807, 2.05) is 54.6 Å². The molecule has 0 saturated carbocycles. The second kappa shape index (κ2) is 7.40. The zero-order valence-electron chi connectivity index (χ0n) is 11.6. The zero-order valence-corrected chi connectivity index (χ0v) is 11.6. The molecule has 0 fully saturated rings. The quantitative estimate of drug-likeness (QED) is 0.808. The topological polar surface area (TPSA) is 48.2 Å². The van der Waals surface area contributed by atoms with Crippen molar-refractivity contribution in [3.63, 3.8) is 0 Å². The van der Waals surface area contributed by atoms with Crippen LogP contribution in [0.3, 0.4) is 0 Å². The summed E-state index contributed by atoms with van der Waals surface area (Å²) >= 11 is 0. The van der Waals surface area contributed by atoms with E-state index in [1.54, 1.807) is 0 Å². The molecule has 0 bridgehead atoms. The molecular weight excluding hydrogens is 250 g/mol. The fourth-order valence-electron chi connectivity index (χ4n) is 1.93. The molecule has 0 saturated heterocycles. The summed E-state index contributed by atoms with van der Waals surface area (Å²) in [5, 5.41) is 17.4. The standard InChI is InChI=1S/C16H19N3O/c1-2-19(12-13-20)16-10-8-15(9-11-16)18-17-14-6-4-3-5-7-14/h3-11,20H,2,12-13H2,1H3/b18-17+. The number of aliphatic hydroxyl groups is 1. The monoisotopic (exact) mass is 269 g/mol. The molecule has 2 aromatic rings. The first-order valence-corrected chi connectivity index (χ1v) is 6.76. The fraction of sp³-hybridized carbons (Fsp3) is 0.250. The van der Waals surface area contributed by atoms with Crippen molar-refractivity contribution in [3.8, 4) is 0 Å². The van der Waals surface area contributed by atoms with E-state index in [9.17, 15) is 0 Å². The summed E-state index contributed by atoms with van der Waals surface area (Å²) in [7, 11) is 0. The van der Waals surface area contributed by atoms with Crippen LogP contribution >= 0.6 is 0 Å². The summed E-state index contributed by atoms with van der Waals surface area (Å²) in [6, 6.07) is 17.5. The highest BCUT2D eigenvalue weighted by atomic mass is 16.3. The number of azo groups is 1. The molecule has 0 amide bonds. The lowest BCUT2D eigenvalue weighted by atomic mass is 10.2. The maximum atomic E-state index is 9.02. The van der Waals surface area contributed by atoms with Crippen molar-refractivity contribution in [3.05, 3.63) is 54.6 Å². The van der Waals surface area contributed by atoms with Crippen molar-refractivity contribution in [2.45, 2.75) is 6.92 Å². The van der Waals surface area contributed by atoms with E-state index in [1.165, 1.54) is 0 Å². The summed E-state index contributed by atoms with van der Waals surface area (Å²) in [6.07, 6.45) is 0. The second-order valence-corrected chi connectivity index (χ2v) is 4.36. The van der Waals surface area contributed by atoms with Crippen LogP contribution in [0.25, 0.3) is 0 Å². The third-order valence-corrected chi connectivity index (χ3v) is 3.00. The van der Waals surface area contributed by atoms with Crippen molar-refractivity contribution in [2.24, 2.45) is 10.2 Å². The van der Waals surface area contributed by atoms with Crippen LogP contribution in [0.1, 0.15) is 6.92 Å². The second-order valence-electron chi connectivity index (χ2n) is 4.36. The minimum atomic E-state index is 0.156. The number of rotatable bonds is 6. The minimum absolute atomic E-state index is 0.156. The average Bonchev–Trinajstić information content (AvgIpc) is 2.52. The van der Waals surface area contributed by atoms with E-state index in [0.717, 1.165) is 23.6 Å². The predicted octanol–water partition coefficient (Wildman–Crippen LogP) is 3.92. The van der Waals surface area contributed by atoms with Crippen LogP contribution in [-0.4, -0.2) is 24.8 Å². The highest BCUT2D eigenvalue weighted by Gasteiger charge is 2.02. The number of anilines is 1. The third kappa shape index (κ3) is 3.90. The highest BCUT2D eigenvalue weighted by molar-refractivity contribution is 5.52. The first-order chi connectivity index (χ1) is 9.83. The van der Waals surface area contributed by atoms with Gasteiger partial charge in [0.2, 0.25) is 0 Å². The maximum absolute atomic E-state index is 9.02.